The number of aromatic amines is 1. The molecule has 4 rings (SSSR count). The third-order valence-corrected chi connectivity index (χ3v) is 5.41. The molecule has 0 unspecified atom stereocenters. The average Bonchev–Trinajstić information content (AvgIpc) is 3.31. The number of para-hydroxylation sites is 2. The quantitative estimate of drug-likeness (QED) is 0.624. The van der Waals surface area contributed by atoms with Gasteiger partial charge in [-0.25, -0.2) is 4.39 Å². The Bertz CT molecular complexity index is 1080. The standard InChI is InChI=1S/C23H24FN3O3/c1-2-30-21-6-4-3-5-20(21)26-23(29)16-11-22(28)27(14-16)10-9-15-13-25-19-8-7-17(24)12-18(15)19/h3-8,12-13,16,25H,2,9-11,14H2,1H3,(H,26,29)/t16-/m1/s1. The minimum Gasteiger partial charge on any atom is -0.492 e. The van der Waals surface area contributed by atoms with Crippen molar-refractivity contribution in [2.24, 2.45) is 5.92 Å². The Labute approximate surface area is 174 Å². The van der Waals surface area contributed by atoms with E-state index in [-0.39, 0.29) is 24.1 Å². The van der Waals surface area contributed by atoms with E-state index in [0.717, 1.165) is 16.5 Å². The number of fused-ring (bicyclic) bond motifs is 1. The normalized spacial score (nSPS) is 16.3. The molecule has 0 bridgehead atoms. The molecule has 2 amide bonds. The molecule has 156 valence electrons. The molecular formula is C23H24FN3O3. The van der Waals surface area contributed by atoms with Gasteiger partial charge in [-0.05, 0) is 49.2 Å². The lowest BCUT2D eigenvalue weighted by atomic mass is 10.1. The van der Waals surface area contributed by atoms with Gasteiger partial charge in [0, 0.05) is 36.6 Å². The number of nitrogens with one attached hydrogen (secondary N) is 2. The van der Waals surface area contributed by atoms with Crippen LogP contribution < -0.4 is 10.1 Å². The first-order valence-corrected chi connectivity index (χ1v) is 10.1. The second-order valence-corrected chi connectivity index (χ2v) is 7.41. The van der Waals surface area contributed by atoms with Crippen molar-refractivity contribution in [1.29, 1.82) is 0 Å². The zero-order valence-electron chi connectivity index (χ0n) is 16.8. The van der Waals surface area contributed by atoms with Crippen LogP contribution in [0.2, 0.25) is 0 Å². The highest BCUT2D eigenvalue weighted by Gasteiger charge is 2.34. The molecule has 3 aromatic rings. The first kappa shape index (κ1) is 19.9. The Hall–Kier alpha value is -3.35. The number of hydrogen-bond acceptors (Lipinski definition) is 3. The first-order valence-electron chi connectivity index (χ1n) is 10.1. The summed E-state index contributed by atoms with van der Waals surface area (Å²) in [6.07, 6.45) is 2.63. The van der Waals surface area contributed by atoms with Crippen LogP contribution in [0, 0.1) is 11.7 Å². The van der Waals surface area contributed by atoms with E-state index < -0.39 is 5.92 Å². The summed E-state index contributed by atoms with van der Waals surface area (Å²) in [5.41, 5.74) is 2.43. The molecule has 1 atom stereocenters. The summed E-state index contributed by atoms with van der Waals surface area (Å²) >= 11 is 0. The number of carbonyl (C=O) groups is 2. The fourth-order valence-corrected chi connectivity index (χ4v) is 3.86. The van der Waals surface area contributed by atoms with E-state index in [1.807, 2.05) is 25.3 Å². The third-order valence-electron chi connectivity index (χ3n) is 5.41. The maximum atomic E-state index is 13.6. The molecule has 1 aliphatic rings. The minimum absolute atomic E-state index is 0.0423. The number of carbonyl (C=O) groups excluding carboxylic acids is 2. The molecule has 6 nitrogen and oxygen atoms in total. The Balaban J connectivity index is 1.38. The van der Waals surface area contributed by atoms with Gasteiger partial charge in [0.05, 0.1) is 18.2 Å². The number of hydrogen-bond donors (Lipinski definition) is 2. The van der Waals surface area contributed by atoms with E-state index in [9.17, 15) is 14.0 Å². The van der Waals surface area contributed by atoms with Crippen molar-refractivity contribution in [2.45, 2.75) is 19.8 Å². The Morgan fingerprint density at radius 1 is 1.30 bits per heavy atom. The van der Waals surface area contributed by atoms with E-state index in [2.05, 4.69) is 10.3 Å². The molecule has 1 saturated heterocycles. The van der Waals surface area contributed by atoms with Crippen molar-refractivity contribution >= 4 is 28.4 Å². The van der Waals surface area contributed by atoms with Crippen LogP contribution in [0.4, 0.5) is 10.1 Å². The summed E-state index contributed by atoms with van der Waals surface area (Å²) in [5.74, 6) is -0.315. The van der Waals surface area contributed by atoms with Crippen molar-refractivity contribution in [3.05, 3.63) is 60.0 Å². The van der Waals surface area contributed by atoms with Crippen molar-refractivity contribution < 1.29 is 18.7 Å². The SMILES string of the molecule is CCOc1ccccc1NC(=O)[C@@H]1CC(=O)N(CCc2c[nH]c3ccc(F)cc23)C1. The first-order chi connectivity index (χ1) is 14.5. The monoisotopic (exact) mass is 409 g/mol. The van der Waals surface area contributed by atoms with Crippen LogP contribution in [0.25, 0.3) is 10.9 Å². The number of ether oxygens (including phenoxy) is 1. The lowest BCUT2D eigenvalue weighted by Crippen LogP contribution is -2.30. The smallest absolute Gasteiger partial charge is 0.229 e. The molecule has 7 heteroatoms. The molecule has 1 aliphatic heterocycles. The van der Waals surface area contributed by atoms with Gasteiger partial charge in [0.2, 0.25) is 11.8 Å². The predicted octanol–water partition coefficient (Wildman–Crippen LogP) is 3.74. The molecule has 0 radical (unpaired) electrons. The van der Waals surface area contributed by atoms with Gasteiger partial charge in [-0.3, -0.25) is 9.59 Å². The highest BCUT2D eigenvalue weighted by atomic mass is 19.1. The van der Waals surface area contributed by atoms with E-state index >= 15 is 0 Å². The summed E-state index contributed by atoms with van der Waals surface area (Å²) in [6.45, 7) is 3.24. The van der Waals surface area contributed by atoms with Crippen LogP contribution in [0.1, 0.15) is 18.9 Å². The van der Waals surface area contributed by atoms with Crippen LogP contribution in [0.3, 0.4) is 0 Å². The highest BCUT2D eigenvalue weighted by Crippen LogP contribution is 2.27. The molecule has 0 spiro atoms. The molecule has 0 saturated carbocycles. The van der Waals surface area contributed by atoms with Gasteiger partial charge in [-0.15, -0.1) is 0 Å². The maximum absolute atomic E-state index is 13.6. The van der Waals surface area contributed by atoms with Crippen molar-refractivity contribution in [2.75, 3.05) is 25.0 Å². The van der Waals surface area contributed by atoms with Gasteiger partial charge in [0.25, 0.3) is 0 Å². The third kappa shape index (κ3) is 4.15. The molecule has 2 N–H and O–H groups in total. The molecule has 2 heterocycles. The van der Waals surface area contributed by atoms with Crippen LogP contribution in [0.5, 0.6) is 5.75 Å². The van der Waals surface area contributed by atoms with Gasteiger partial charge < -0.3 is 19.9 Å². The molecular weight excluding hydrogens is 385 g/mol. The second-order valence-electron chi connectivity index (χ2n) is 7.41. The number of H-pyrrole nitrogens is 1. The Morgan fingerprint density at radius 3 is 2.97 bits per heavy atom. The number of rotatable bonds is 7. The fourth-order valence-electron chi connectivity index (χ4n) is 3.86. The van der Waals surface area contributed by atoms with Crippen molar-refractivity contribution in [3.8, 4) is 5.75 Å². The fraction of sp³-hybridized carbons (Fsp3) is 0.304. The number of nitrogens with zero attached hydrogens (tertiary/aromatic N) is 1. The molecule has 1 fully saturated rings. The van der Waals surface area contributed by atoms with E-state index in [0.29, 0.717) is 37.6 Å². The van der Waals surface area contributed by atoms with Crippen LogP contribution >= 0.6 is 0 Å². The molecule has 0 aliphatic carbocycles. The highest BCUT2D eigenvalue weighted by molar-refractivity contribution is 5.98. The van der Waals surface area contributed by atoms with Gasteiger partial charge in [0.15, 0.2) is 0 Å². The number of halogens is 1. The number of likely N-dealkylation sites (tertiary alicyclic amines) is 1. The summed E-state index contributed by atoms with van der Waals surface area (Å²) in [6, 6.07) is 11.9. The van der Waals surface area contributed by atoms with Crippen molar-refractivity contribution in [3.63, 3.8) is 0 Å². The minimum atomic E-state index is -0.410. The molecule has 2 aromatic carbocycles. The summed E-state index contributed by atoms with van der Waals surface area (Å²) in [7, 11) is 0. The van der Waals surface area contributed by atoms with Crippen LogP contribution in [-0.2, 0) is 16.0 Å². The van der Waals surface area contributed by atoms with Crippen molar-refractivity contribution in [1.82, 2.24) is 9.88 Å². The average molecular weight is 409 g/mol. The van der Waals surface area contributed by atoms with Crippen LogP contribution in [0.15, 0.2) is 48.7 Å². The number of aromatic nitrogens is 1. The lowest BCUT2D eigenvalue weighted by Gasteiger charge is -2.17. The van der Waals surface area contributed by atoms with E-state index in [4.69, 9.17) is 4.74 Å². The zero-order chi connectivity index (χ0) is 21.1. The number of benzene rings is 2. The van der Waals surface area contributed by atoms with Crippen LogP contribution in [-0.4, -0.2) is 41.4 Å². The molecule has 1 aromatic heterocycles. The van der Waals surface area contributed by atoms with Gasteiger partial charge in [-0.2, -0.15) is 0 Å². The Kier molecular flexibility index (Phi) is 5.70. The number of amides is 2. The van der Waals surface area contributed by atoms with Gasteiger partial charge in [0.1, 0.15) is 11.6 Å². The topological polar surface area (TPSA) is 74.4 Å². The molecule has 30 heavy (non-hydrogen) atoms. The van der Waals surface area contributed by atoms with Gasteiger partial charge in [-0.1, -0.05) is 12.1 Å². The maximum Gasteiger partial charge on any atom is 0.229 e. The Morgan fingerprint density at radius 2 is 2.13 bits per heavy atom. The number of anilines is 1. The predicted molar refractivity (Wildman–Crippen MR) is 113 cm³/mol. The summed E-state index contributed by atoms with van der Waals surface area (Å²) < 4.78 is 19.1. The summed E-state index contributed by atoms with van der Waals surface area (Å²) in [4.78, 5) is 30.0. The summed E-state index contributed by atoms with van der Waals surface area (Å²) in [5, 5.41) is 3.71. The lowest BCUT2D eigenvalue weighted by molar-refractivity contribution is -0.128. The second kappa shape index (κ2) is 8.57. The van der Waals surface area contributed by atoms with E-state index in [1.54, 1.807) is 23.1 Å². The van der Waals surface area contributed by atoms with Gasteiger partial charge >= 0.3 is 0 Å². The zero-order valence-corrected chi connectivity index (χ0v) is 16.8. The largest absolute Gasteiger partial charge is 0.492 e. The van der Waals surface area contributed by atoms with E-state index in [1.165, 1.54) is 12.1 Å².